The Morgan fingerprint density at radius 3 is 2.48 bits per heavy atom. The van der Waals surface area contributed by atoms with Crippen molar-refractivity contribution in [2.75, 3.05) is 5.32 Å². The van der Waals surface area contributed by atoms with Crippen LogP contribution in [-0.2, 0) is 17.8 Å². The normalized spacial score (nSPS) is 13.6. The fourth-order valence-electron chi connectivity index (χ4n) is 2.85. The number of hydrogen-bond donors (Lipinski definition) is 1. The van der Waals surface area contributed by atoms with Crippen LogP contribution in [0.15, 0.2) is 24.4 Å². The SMILES string of the molecule is Cc1cc(C)cc(Nc2ncc3c(n2)CN(C(=O)OC(C)(C)C)C3)c1. The molecule has 0 unspecified atom stereocenters. The lowest BCUT2D eigenvalue weighted by atomic mass is 10.1. The van der Waals surface area contributed by atoms with E-state index in [4.69, 9.17) is 4.74 Å². The van der Waals surface area contributed by atoms with Gasteiger partial charge in [0.25, 0.3) is 0 Å². The molecular weight excluding hydrogens is 316 g/mol. The van der Waals surface area contributed by atoms with Gasteiger partial charge in [-0.25, -0.2) is 14.8 Å². The number of aryl methyl sites for hydroxylation is 2. The molecule has 6 heteroatoms. The number of rotatable bonds is 2. The molecule has 0 atom stereocenters. The van der Waals surface area contributed by atoms with Gasteiger partial charge in [-0.2, -0.15) is 0 Å². The Bertz CT molecular complexity index is 791. The van der Waals surface area contributed by atoms with Gasteiger partial charge < -0.3 is 10.1 Å². The maximum atomic E-state index is 12.2. The molecule has 1 amide bonds. The highest BCUT2D eigenvalue weighted by Crippen LogP contribution is 2.25. The number of amides is 1. The smallest absolute Gasteiger partial charge is 0.410 e. The maximum absolute atomic E-state index is 12.2. The van der Waals surface area contributed by atoms with Crippen LogP contribution in [0, 0.1) is 13.8 Å². The van der Waals surface area contributed by atoms with Gasteiger partial charge in [0.15, 0.2) is 0 Å². The highest BCUT2D eigenvalue weighted by atomic mass is 16.6. The number of fused-ring (bicyclic) bond motifs is 1. The first-order chi connectivity index (χ1) is 11.7. The molecule has 2 heterocycles. The van der Waals surface area contributed by atoms with Crippen LogP contribution in [0.4, 0.5) is 16.4 Å². The summed E-state index contributed by atoms with van der Waals surface area (Å²) in [6.45, 7) is 10.6. The van der Waals surface area contributed by atoms with Crippen LogP contribution in [0.5, 0.6) is 0 Å². The molecule has 1 aromatic heterocycles. The van der Waals surface area contributed by atoms with Crippen molar-refractivity contribution in [2.24, 2.45) is 0 Å². The van der Waals surface area contributed by atoms with Crippen molar-refractivity contribution in [3.63, 3.8) is 0 Å². The van der Waals surface area contributed by atoms with Crippen LogP contribution in [0.1, 0.15) is 43.2 Å². The Morgan fingerprint density at radius 1 is 1.16 bits per heavy atom. The first-order valence-electron chi connectivity index (χ1n) is 8.38. The molecule has 1 aliphatic heterocycles. The minimum atomic E-state index is -0.507. The number of aromatic nitrogens is 2. The quantitative estimate of drug-likeness (QED) is 0.892. The summed E-state index contributed by atoms with van der Waals surface area (Å²) in [5.41, 5.74) is 4.62. The molecule has 0 bridgehead atoms. The Hall–Kier alpha value is -2.63. The number of ether oxygens (including phenoxy) is 1. The molecule has 1 aliphatic rings. The van der Waals surface area contributed by atoms with E-state index in [1.807, 2.05) is 20.8 Å². The molecule has 1 aromatic carbocycles. The van der Waals surface area contributed by atoms with Crippen LogP contribution >= 0.6 is 0 Å². The summed E-state index contributed by atoms with van der Waals surface area (Å²) >= 11 is 0. The van der Waals surface area contributed by atoms with E-state index in [0.717, 1.165) is 16.9 Å². The summed E-state index contributed by atoms with van der Waals surface area (Å²) in [7, 11) is 0. The van der Waals surface area contributed by atoms with Gasteiger partial charge in [-0.05, 0) is 57.9 Å². The molecule has 0 fully saturated rings. The van der Waals surface area contributed by atoms with E-state index in [0.29, 0.717) is 19.0 Å². The molecule has 0 saturated heterocycles. The standard InChI is InChI=1S/C19H24N4O2/c1-12-6-13(2)8-15(7-12)21-17-20-9-14-10-23(11-16(14)22-17)18(24)25-19(3,4)5/h6-9H,10-11H2,1-5H3,(H,20,21,22). The van der Waals surface area contributed by atoms with E-state index in [2.05, 4.69) is 47.3 Å². The topological polar surface area (TPSA) is 67.4 Å². The molecule has 0 radical (unpaired) electrons. The third-order valence-corrected chi connectivity index (χ3v) is 3.79. The van der Waals surface area contributed by atoms with E-state index >= 15 is 0 Å². The summed E-state index contributed by atoms with van der Waals surface area (Å²) in [4.78, 5) is 22.8. The Balaban J connectivity index is 1.73. The van der Waals surface area contributed by atoms with Crippen molar-refractivity contribution in [1.29, 1.82) is 0 Å². The van der Waals surface area contributed by atoms with E-state index < -0.39 is 5.60 Å². The number of benzene rings is 1. The molecule has 3 rings (SSSR count). The highest BCUT2D eigenvalue weighted by Gasteiger charge is 2.29. The van der Waals surface area contributed by atoms with Crippen LogP contribution in [0.2, 0.25) is 0 Å². The lowest BCUT2D eigenvalue weighted by molar-refractivity contribution is 0.0240. The van der Waals surface area contributed by atoms with Crippen molar-refractivity contribution in [3.05, 3.63) is 46.8 Å². The second-order valence-electron chi connectivity index (χ2n) is 7.50. The Kier molecular flexibility index (Phi) is 4.37. The summed E-state index contributed by atoms with van der Waals surface area (Å²) in [5, 5.41) is 3.24. The van der Waals surface area contributed by atoms with Gasteiger partial charge in [0.1, 0.15) is 5.60 Å². The van der Waals surface area contributed by atoms with Gasteiger partial charge in [0.05, 0.1) is 18.8 Å². The number of nitrogens with zero attached hydrogens (tertiary/aromatic N) is 3. The van der Waals surface area contributed by atoms with Crippen molar-refractivity contribution >= 4 is 17.7 Å². The Morgan fingerprint density at radius 2 is 1.84 bits per heavy atom. The largest absolute Gasteiger partial charge is 0.444 e. The summed E-state index contributed by atoms with van der Waals surface area (Å²) in [5.74, 6) is 0.537. The molecule has 25 heavy (non-hydrogen) atoms. The third-order valence-electron chi connectivity index (χ3n) is 3.79. The second-order valence-corrected chi connectivity index (χ2v) is 7.50. The summed E-state index contributed by atoms with van der Waals surface area (Å²) in [6, 6.07) is 6.22. The predicted octanol–water partition coefficient (Wildman–Crippen LogP) is 4.09. The zero-order valence-corrected chi connectivity index (χ0v) is 15.4. The molecule has 132 valence electrons. The molecule has 0 spiro atoms. The van der Waals surface area contributed by atoms with Crippen molar-refractivity contribution < 1.29 is 9.53 Å². The fourth-order valence-corrected chi connectivity index (χ4v) is 2.85. The lowest BCUT2D eigenvalue weighted by Gasteiger charge is -2.23. The van der Waals surface area contributed by atoms with Crippen LogP contribution < -0.4 is 5.32 Å². The van der Waals surface area contributed by atoms with Gasteiger partial charge in [-0.3, -0.25) is 4.90 Å². The van der Waals surface area contributed by atoms with Crippen molar-refractivity contribution in [1.82, 2.24) is 14.9 Å². The number of hydrogen-bond acceptors (Lipinski definition) is 5. The highest BCUT2D eigenvalue weighted by molar-refractivity contribution is 5.69. The number of carbonyl (C=O) groups excluding carboxylic acids is 1. The molecule has 6 nitrogen and oxygen atoms in total. The Labute approximate surface area is 148 Å². The molecule has 2 aromatic rings. The van der Waals surface area contributed by atoms with Gasteiger partial charge in [-0.15, -0.1) is 0 Å². The van der Waals surface area contributed by atoms with E-state index in [-0.39, 0.29) is 6.09 Å². The molecule has 0 saturated carbocycles. The van der Waals surface area contributed by atoms with Crippen LogP contribution in [-0.4, -0.2) is 26.6 Å². The van der Waals surface area contributed by atoms with Crippen LogP contribution in [0.25, 0.3) is 0 Å². The van der Waals surface area contributed by atoms with Gasteiger partial charge >= 0.3 is 6.09 Å². The lowest BCUT2D eigenvalue weighted by Crippen LogP contribution is -2.33. The monoisotopic (exact) mass is 340 g/mol. The van der Waals surface area contributed by atoms with Gasteiger partial charge in [-0.1, -0.05) is 6.07 Å². The van der Waals surface area contributed by atoms with Crippen molar-refractivity contribution in [2.45, 2.75) is 53.3 Å². The number of nitrogens with one attached hydrogen (secondary N) is 1. The van der Waals surface area contributed by atoms with Gasteiger partial charge in [0, 0.05) is 17.4 Å². The van der Waals surface area contributed by atoms with E-state index in [1.54, 1.807) is 11.1 Å². The van der Waals surface area contributed by atoms with Crippen LogP contribution in [0.3, 0.4) is 0 Å². The third kappa shape index (κ3) is 4.26. The second kappa shape index (κ2) is 6.35. The average molecular weight is 340 g/mol. The first kappa shape index (κ1) is 17.2. The number of carbonyl (C=O) groups is 1. The molecule has 1 N–H and O–H groups in total. The average Bonchev–Trinajstić information content (AvgIpc) is 2.87. The maximum Gasteiger partial charge on any atom is 0.410 e. The van der Waals surface area contributed by atoms with E-state index in [9.17, 15) is 4.79 Å². The summed E-state index contributed by atoms with van der Waals surface area (Å²) < 4.78 is 5.43. The molecular formula is C19H24N4O2. The minimum absolute atomic E-state index is 0.325. The zero-order valence-electron chi connectivity index (χ0n) is 15.4. The molecule has 0 aliphatic carbocycles. The minimum Gasteiger partial charge on any atom is -0.444 e. The summed E-state index contributed by atoms with van der Waals surface area (Å²) in [6.07, 6.45) is 1.45. The zero-order chi connectivity index (χ0) is 18.2. The first-order valence-corrected chi connectivity index (χ1v) is 8.38. The number of anilines is 2. The fraction of sp³-hybridized carbons (Fsp3) is 0.421. The van der Waals surface area contributed by atoms with Crippen molar-refractivity contribution in [3.8, 4) is 0 Å². The van der Waals surface area contributed by atoms with Gasteiger partial charge in [0.2, 0.25) is 5.95 Å². The predicted molar refractivity (Wildman–Crippen MR) is 96.7 cm³/mol. The van der Waals surface area contributed by atoms with E-state index in [1.165, 1.54) is 11.1 Å².